The Kier molecular flexibility index (Phi) is 8.72. The first-order valence-corrected chi connectivity index (χ1v) is 15.0. The van der Waals surface area contributed by atoms with Crippen molar-refractivity contribution in [3.63, 3.8) is 0 Å². The fourth-order valence-corrected chi connectivity index (χ4v) is 6.35. The van der Waals surface area contributed by atoms with Crippen LogP contribution in [0.4, 0.5) is 17.6 Å². The Bertz CT molecular complexity index is 993. The molecule has 0 radical (unpaired) electrons. The molecular formula is C28H44N8O3. The van der Waals surface area contributed by atoms with Gasteiger partial charge in [0, 0.05) is 78.1 Å². The van der Waals surface area contributed by atoms with Crippen LogP contribution >= 0.6 is 0 Å². The third kappa shape index (κ3) is 6.06. The van der Waals surface area contributed by atoms with Gasteiger partial charge in [-0.1, -0.05) is 0 Å². The number of aromatic nitrogens is 2. The molecule has 5 heterocycles. The molecule has 214 valence electrons. The van der Waals surface area contributed by atoms with Crippen molar-refractivity contribution < 1.29 is 14.4 Å². The molecule has 1 unspecified atom stereocenters. The van der Waals surface area contributed by atoms with Gasteiger partial charge >= 0.3 is 0 Å². The van der Waals surface area contributed by atoms with Crippen molar-refractivity contribution in [3.8, 4) is 0 Å². The number of piperazine rings is 1. The zero-order valence-electron chi connectivity index (χ0n) is 23.7. The van der Waals surface area contributed by atoms with Gasteiger partial charge in [-0.15, -0.1) is 0 Å². The summed E-state index contributed by atoms with van der Waals surface area (Å²) in [4.78, 5) is 61.0. The number of amides is 3. The summed E-state index contributed by atoms with van der Waals surface area (Å²) in [5, 5.41) is 0. The van der Waals surface area contributed by atoms with E-state index >= 15 is 0 Å². The molecule has 11 heteroatoms. The Morgan fingerprint density at radius 2 is 1.33 bits per heavy atom. The number of anilines is 3. The van der Waals surface area contributed by atoms with Gasteiger partial charge < -0.3 is 29.4 Å². The van der Waals surface area contributed by atoms with E-state index in [1.807, 2.05) is 18.7 Å². The van der Waals surface area contributed by atoms with Crippen LogP contribution in [0.5, 0.6) is 0 Å². The topological polar surface area (TPSA) is 96.4 Å². The predicted molar refractivity (Wildman–Crippen MR) is 151 cm³/mol. The monoisotopic (exact) mass is 540 g/mol. The average molecular weight is 541 g/mol. The summed E-state index contributed by atoms with van der Waals surface area (Å²) in [5.41, 5.74) is 0. The van der Waals surface area contributed by atoms with Gasteiger partial charge in [0.05, 0.1) is 0 Å². The van der Waals surface area contributed by atoms with Gasteiger partial charge in [-0.3, -0.25) is 14.4 Å². The van der Waals surface area contributed by atoms with Crippen LogP contribution in [-0.4, -0.2) is 120 Å². The van der Waals surface area contributed by atoms with Gasteiger partial charge in [0.1, 0.15) is 24.1 Å². The summed E-state index contributed by atoms with van der Waals surface area (Å²) in [7, 11) is 0. The predicted octanol–water partition coefficient (Wildman–Crippen LogP) is 1.58. The summed E-state index contributed by atoms with van der Waals surface area (Å²) < 4.78 is 0. The zero-order chi connectivity index (χ0) is 27.4. The first-order valence-electron chi connectivity index (χ1n) is 15.0. The molecular weight excluding hydrogens is 496 g/mol. The molecule has 0 N–H and O–H groups in total. The summed E-state index contributed by atoms with van der Waals surface area (Å²) in [5.74, 6) is 2.39. The van der Waals surface area contributed by atoms with E-state index in [9.17, 15) is 14.4 Å². The number of hydrogen-bond acceptors (Lipinski definition) is 8. The van der Waals surface area contributed by atoms with E-state index in [-0.39, 0.29) is 24.1 Å². The maximum atomic E-state index is 13.5. The summed E-state index contributed by atoms with van der Waals surface area (Å²) >= 11 is 0. The van der Waals surface area contributed by atoms with Crippen LogP contribution in [0, 0.1) is 0 Å². The quantitative estimate of drug-likeness (QED) is 0.459. The third-order valence-electron chi connectivity index (χ3n) is 8.70. The van der Waals surface area contributed by atoms with Gasteiger partial charge in [-0.25, -0.2) is 0 Å². The molecule has 11 nitrogen and oxygen atoms in total. The molecule has 39 heavy (non-hydrogen) atoms. The highest BCUT2D eigenvalue weighted by atomic mass is 16.2. The number of carbonyl (C=O) groups excluding carboxylic acids is 3. The van der Waals surface area contributed by atoms with Crippen LogP contribution in [0.25, 0.3) is 0 Å². The Hall–Kier alpha value is -3.11. The highest BCUT2D eigenvalue weighted by molar-refractivity contribution is 5.99. The molecule has 0 saturated carbocycles. The van der Waals surface area contributed by atoms with Gasteiger partial charge in [-0.2, -0.15) is 9.97 Å². The second-order valence-corrected chi connectivity index (χ2v) is 11.1. The molecule has 4 saturated heterocycles. The van der Waals surface area contributed by atoms with E-state index in [4.69, 9.17) is 9.97 Å². The lowest BCUT2D eigenvalue weighted by molar-refractivity contribution is -0.147. The largest absolute Gasteiger partial charge is 0.356 e. The molecule has 5 rings (SSSR count). The molecule has 1 aromatic rings. The Morgan fingerprint density at radius 1 is 0.769 bits per heavy atom. The SMILES string of the molecule is CCN(CC)C(=O)CC(=O)N1CCCC1C(=O)N1CCN(c2cc(N3CCCC3)nc(N3CCCC3)n2)CC1. The zero-order valence-corrected chi connectivity index (χ0v) is 23.7. The molecule has 4 fully saturated rings. The lowest BCUT2D eigenvalue weighted by Crippen LogP contribution is -2.55. The lowest BCUT2D eigenvalue weighted by atomic mass is 10.1. The highest BCUT2D eigenvalue weighted by Crippen LogP contribution is 2.28. The second kappa shape index (κ2) is 12.4. The summed E-state index contributed by atoms with van der Waals surface area (Å²) in [6.07, 6.45) is 6.05. The minimum Gasteiger partial charge on any atom is -0.356 e. The maximum absolute atomic E-state index is 13.5. The van der Waals surface area contributed by atoms with Gasteiger partial charge in [0.25, 0.3) is 0 Å². The first kappa shape index (κ1) is 27.5. The van der Waals surface area contributed by atoms with Crippen molar-refractivity contribution in [3.05, 3.63) is 6.07 Å². The van der Waals surface area contributed by atoms with Crippen molar-refractivity contribution in [1.29, 1.82) is 0 Å². The van der Waals surface area contributed by atoms with Crippen molar-refractivity contribution >= 4 is 35.3 Å². The normalized spacial score (nSPS) is 21.7. The molecule has 4 aliphatic rings. The maximum Gasteiger partial charge on any atom is 0.245 e. The number of nitrogens with zero attached hydrogens (tertiary/aromatic N) is 8. The van der Waals surface area contributed by atoms with Crippen molar-refractivity contribution in [1.82, 2.24) is 24.7 Å². The van der Waals surface area contributed by atoms with E-state index in [0.717, 1.165) is 50.2 Å². The smallest absolute Gasteiger partial charge is 0.245 e. The molecule has 0 aromatic carbocycles. The summed E-state index contributed by atoms with van der Waals surface area (Å²) in [6, 6.07) is 1.66. The van der Waals surface area contributed by atoms with Crippen molar-refractivity contribution in [2.45, 2.75) is 64.8 Å². The molecule has 1 aromatic heterocycles. The standard InChI is InChI=1S/C28H44N8O3/c1-3-31(4-2)25(37)21-26(38)36-15-9-10-22(36)27(39)34-18-16-33(17-19-34)24-20-23(32-11-5-6-12-32)29-28(30-24)35-13-7-8-14-35/h20,22H,3-19,21H2,1-2H3. The van der Waals surface area contributed by atoms with Gasteiger partial charge in [0.2, 0.25) is 23.7 Å². The number of likely N-dealkylation sites (tertiary alicyclic amines) is 1. The van der Waals surface area contributed by atoms with Crippen molar-refractivity contribution in [2.75, 3.05) is 86.7 Å². The molecule has 1 atom stereocenters. The fourth-order valence-electron chi connectivity index (χ4n) is 6.35. The Morgan fingerprint density at radius 3 is 1.92 bits per heavy atom. The van der Waals surface area contributed by atoms with Crippen LogP contribution in [0.2, 0.25) is 0 Å². The van der Waals surface area contributed by atoms with Gasteiger partial charge in [0.15, 0.2) is 0 Å². The number of hydrogen-bond donors (Lipinski definition) is 0. The minimum atomic E-state index is -0.462. The minimum absolute atomic E-state index is 0.00832. The highest BCUT2D eigenvalue weighted by Gasteiger charge is 2.38. The fraction of sp³-hybridized carbons (Fsp3) is 0.750. The number of rotatable bonds is 8. The van der Waals surface area contributed by atoms with E-state index in [0.29, 0.717) is 52.2 Å². The van der Waals surface area contributed by atoms with Gasteiger partial charge in [-0.05, 0) is 52.4 Å². The van der Waals surface area contributed by atoms with Crippen LogP contribution in [-0.2, 0) is 14.4 Å². The van der Waals surface area contributed by atoms with E-state index < -0.39 is 6.04 Å². The van der Waals surface area contributed by atoms with E-state index in [1.165, 1.54) is 25.7 Å². The van der Waals surface area contributed by atoms with Crippen LogP contribution in [0.3, 0.4) is 0 Å². The molecule has 0 aliphatic carbocycles. The van der Waals surface area contributed by atoms with E-state index in [2.05, 4.69) is 20.8 Å². The first-order chi connectivity index (χ1) is 19.0. The molecule has 0 spiro atoms. The van der Waals surface area contributed by atoms with Crippen molar-refractivity contribution in [2.24, 2.45) is 0 Å². The van der Waals surface area contributed by atoms with Crippen LogP contribution < -0.4 is 14.7 Å². The molecule has 4 aliphatic heterocycles. The summed E-state index contributed by atoms with van der Waals surface area (Å²) in [6.45, 7) is 12.2. The number of carbonyl (C=O) groups is 3. The van der Waals surface area contributed by atoms with E-state index in [1.54, 1.807) is 9.80 Å². The second-order valence-electron chi connectivity index (χ2n) is 11.1. The molecule has 3 amide bonds. The van der Waals surface area contributed by atoms with Crippen LogP contribution in [0.1, 0.15) is 58.8 Å². The van der Waals surface area contributed by atoms with Crippen LogP contribution in [0.15, 0.2) is 6.07 Å². The average Bonchev–Trinajstić information content (AvgIpc) is 3.76. The Labute approximate surface area is 232 Å². The Balaban J connectivity index is 1.22. The molecule has 0 bridgehead atoms. The third-order valence-corrected chi connectivity index (χ3v) is 8.70. The lowest BCUT2D eigenvalue weighted by Gasteiger charge is -2.38.